The van der Waals surface area contributed by atoms with Crippen LogP contribution in [0, 0.1) is 0 Å². The van der Waals surface area contributed by atoms with Gasteiger partial charge in [-0.05, 0) is 24.3 Å². The van der Waals surface area contributed by atoms with Crippen molar-refractivity contribution in [2.45, 2.75) is 16.6 Å². The molecule has 1 atom stereocenters. The van der Waals surface area contributed by atoms with Crippen LogP contribution in [0.4, 0.5) is 5.69 Å². The number of carbonyl (C=O) groups is 4. The largest absolute Gasteiger partial charge is 0.496 e. The molecule has 2 aromatic carbocycles. The molecule has 0 aromatic heterocycles. The molecule has 2 N–H and O–H groups in total. The summed E-state index contributed by atoms with van der Waals surface area (Å²) in [6, 6.07) is 13.7. The fraction of sp³-hybridized carbons (Fsp3) is 0.200. The van der Waals surface area contributed by atoms with E-state index in [4.69, 9.17) is 9.47 Å². The van der Waals surface area contributed by atoms with Gasteiger partial charge in [0.15, 0.2) is 6.61 Å². The molecule has 0 bridgehead atoms. The van der Waals surface area contributed by atoms with E-state index in [9.17, 15) is 19.2 Å². The Kier molecular flexibility index (Phi) is 6.50. The first-order chi connectivity index (χ1) is 14.0. The number of para-hydroxylation sites is 2. The van der Waals surface area contributed by atoms with Gasteiger partial charge >= 0.3 is 5.97 Å². The third kappa shape index (κ3) is 5.14. The Bertz CT molecular complexity index is 961. The van der Waals surface area contributed by atoms with Crippen molar-refractivity contribution in [2.24, 2.45) is 0 Å². The van der Waals surface area contributed by atoms with E-state index in [0.29, 0.717) is 11.4 Å². The standard InChI is InChI=1S/C20H18N2O6S/c1-27-14-8-4-2-6-12(14)19(25)22-17(23)11-28-18(24)10-16-20(26)21-13-7-3-5-9-15(13)29-16/h2-9,16H,10-11H2,1H3,(H,21,26)(H,22,23,25)/t16-/m1/s1. The molecule has 0 aliphatic carbocycles. The highest BCUT2D eigenvalue weighted by molar-refractivity contribution is 8.01. The van der Waals surface area contributed by atoms with Crippen molar-refractivity contribution in [2.75, 3.05) is 19.0 Å². The van der Waals surface area contributed by atoms with Gasteiger partial charge in [0, 0.05) is 4.90 Å². The Hall–Kier alpha value is -3.33. The van der Waals surface area contributed by atoms with Gasteiger partial charge in [-0.3, -0.25) is 24.5 Å². The van der Waals surface area contributed by atoms with Crippen molar-refractivity contribution in [1.82, 2.24) is 5.32 Å². The monoisotopic (exact) mass is 414 g/mol. The molecule has 0 saturated carbocycles. The second-order valence-corrected chi connectivity index (χ2v) is 7.28. The lowest BCUT2D eigenvalue weighted by Gasteiger charge is -2.23. The summed E-state index contributed by atoms with van der Waals surface area (Å²) in [5, 5.41) is 4.21. The minimum absolute atomic E-state index is 0.184. The number of carbonyl (C=O) groups excluding carboxylic acids is 4. The van der Waals surface area contributed by atoms with Crippen LogP contribution in [0.2, 0.25) is 0 Å². The summed E-state index contributed by atoms with van der Waals surface area (Å²) in [6.45, 7) is -0.630. The molecule has 0 radical (unpaired) electrons. The number of rotatable bonds is 6. The molecule has 2 aromatic rings. The van der Waals surface area contributed by atoms with Crippen LogP contribution < -0.4 is 15.4 Å². The molecule has 9 heteroatoms. The van der Waals surface area contributed by atoms with E-state index in [1.54, 1.807) is 30.3 Å². The third-order valence-corrected chi connectivity index (χ3v) is 5.30. The van der Waals surface area contributed by atoms with Gasteiger partial charge in [0.05, 0.1) is 30.0 Å². The van der Waals surface area contributed by atoms with Gasteiger partial charge in [-0.25, -0.2) is 0 Å². The lowest BCUT2D eigenvalue weighted by molar-refractivity contribution is -0.148. The van der Waals surface area contributed by atoms with Gasteiger partial charge in [0.25, 0.3) is 11.8 Å². The maximum atomic E-state index is 12.1. The topological polar surface area (TPSA) is 111 Å². The summed E-state index contributed by atoms with van der Waals surface area (Å²) >= 11 is 1.26. The Morgan fingerprint density at radius 1 is 1.10 bits per heavy atom. The fourth-order valence-corrected chi connectivity index (χ4v) is 3.74. The molecule has 150 valence electrons. The van der Waals surface area contributed by atoms with Gasteiger partial charge in [0.1, 0.15) is 5.75 Å². The summed E-state index contributed by atoms with van der Waals surface area (Å²) in [7, 11) is 1.41. The van der Waals surface area contributed by atoms with Crippen molar-refractivity contribution in [1.29, 1.82) is 0 Å². The van der Waals surface area contributed by atoms with E-state index in [1.165, 1.54) is 24.9 Å². The van der Waals surface area contributed by atoms with Crippen molar-refractivity contribution in [3.63, 3.8) is 0 Å². The number of anilines is 1. The number of fused-ring (bicyclic) bond motifs is 1. The number of benzene rings is 2. The predicted molar refractivity (Wildman–Crippen MR) is 106 cm³/mol. The van der Waals surface area contributed by atoms with Crippen LogP contribution in [0.5, 0.6) is 5.75 Å². The lowest BCUT2D eigenvalue weighted by atomic mass is 10.2. The SMILES string of the molecule is COc1ccccc1C(=O)NC(=O)COC(=O)C[C@H]1Sc2ccccc2NC1=O. The number of ether oxygens (including phenoxy) is 2. The van der Waals surface area contributed by atoms with Crippen LogP contribution in [0.3, 0.4) is 0 Å². The van der Waals surface area contributed by atoms with E-state index < -0.39 is 29.6 Å². The Morgan fingerprint density at radius 3 is 2.62 bits per heavy atom. The average Bonchev–Trinajstić information content (AvgIpc) is 2.72. The van der Waals surface area contributed by atoms with Crippen molar-refractivity contribution < 1.29 is 28.7 Å². The van der Waals surface area contributed by atoms with Gasteiger partial charge in [0.2, 0.25) is 5.91 Å². The zero-order valence-electron chi connectivity index (χ0n) is 15.5. The molecule has 1 aliphatic rings. The van der Waals surface area contributed by atoms with Gasteiger partial charge in [-0.1, -0.05) is 24.3 Å². The van der Waals surface area contributed by atoms with Crippen LogP contribution in [0.25, 0.3) is 0 Å². The van der Waals surface area contributed by atoms with E-state index in [-0.39, 0.29) is 17.9 Å². The highest BCUT2D eigenvalue weighted by Crippen LogP contribution is 2.36. The predicted octanol–water partition coefficient (Wildman–Crippen LogP) is 2.00. The number of imide groups is 1. The number of hydrogen-bond acceptors (Lipinski definition) is 7. The summed E-state index contributed by atoms with van der Waals surface area (Å²) < 4.78 is 9.98. The number of amides is 3. The molecule has 3 amide bonds. The highest BCUT2D eigenvalue weighted by Gasteiger charge is 2.29. The second-order valence-electron chi connectivity index (χ2n) is 6.03. The zero-order chi connectivity index (χ0) is 20.8. The van der Waals surface area contributed by atoms with E-state index in [0.717, 1.165) is 4.90 Å². The summed E-state index contributed by atoms with van der Waals surface area (Å²) in [4.78, 5) is 49.1. The normalized spacial score (nSPS) is 14.9. The molecule has 3 rings (SSSR count). The second kappa shape index (κ2) is 9.24. The smallest absolute Gasteiger partial charge is 0.307 e. The molecule has 0 spiro atoms. The van der Waals surface area contributed by atoms with Crippen molar-refractivity contribution >= 4 is 41.1 Å². The Morgan fingerprint density at radius 2 is 1.83 bits per heavy atom. The van der Waals surface area contributed by atoms with Crippen LogP contribution in [-0.2, 0) is 19.1 Å². The minimum atomic E-state index is -0.777. The van der Waals surface area contributed by atoms with Gasteiger partial charge in [-0.15, -0.1) is 11.8 Å². The summed E-state index contributed by atoms with van der Waals surface area (Å²) in [5.41, 5.74) is 0.880. The van der Waals surface area contributed by atoms with E-state index in [1.807, 2.05) is 12.1 Å². The number of thioether (sulfide) groups is 1. The summed E-state index contributed by atoms with van der Waals surface area (Å²) in [5.74, 6) is -2.14. The lowest BCUT2D eigenvalue weighted by Crippen LogP contribution is -2.35. The van der Waals surface area contributed by atoms with E-state index >= 15 is 0 Å². The fourth-order valence-electron chi connectivity index (χ4n) is 2.65. The maximum Gasteiger partial charge on any atom is 0.307 e. The molecular weight excluding hydrogens is 396 g/mol. The zero-order valence-corrected chi connectivity index (χ0v) is 16.3. The quantitative estimate of drug-likeness (QED) is 0.696. The number of nitrogens with one attached hydrogen (secondary N) is 2. The van der Waals surface area contributed by atoms with Crippen molar-refractivity contribution in [3.05, 3.63) is 54.1 Å². The molecule has 29 heavy (non-hydrogen) atoms. The molecule has 0 fully saturated rings. The molecule has 8 nitrogen and oxygen atoms in total. The molecule has 0 saturated heterocycles. The van der Waals surface area contributed by atoms with Gasteiger partial charge < -0.3 is 14.8 Å². The highest BCUT2D eigenvalue weighted by atomic mass is 32.2. The van der Waals surface area contributed by atoms with Crippen LogP contribution in [-0.4, -0.2) is 42.7 Å². The minimum Gasteiger partial charge on any atom is -0.496 e. The van der Waals surface area contributed by atoms with Crippen LogP contribution in [0.1, 0.15) is 16.8 Å². The maximum absolute atomic E-state index is 12.1. The molecule has 1 heterocycles. The first-order valence-corrected chi connectivity index (χ1v) is 9.55. The molecule has 0 unspecified atom stereocenters. The van der Waals surface area contributed by atoms with Crippen molar-refractivity contribution in [3.8, 4) is 5.75 Å². The van der Waals surface area contributed by atoms with Gasteiger partial charge in [-0.2, -0.15) is 0 Å². The first kappa shape index (κ1) is 20.4. The summed E-state index contributed by atoms with van der Waals surface area (Å²) in [6.07, 6.45) is -0.196. The van der Waals surface area contributed by atoms with E-state index in [2.05, 4.69) is 10.6 Å². The number of methoxy groups -OCH3 is 1. The molecular formula is C20H18N2O6S. The Labute approximate surface area is 170 Å². The average molecular weight is 414 g/mol. The third-order valence-electron chi connectivity index (χ3n) is 4.03. The Balaban J connectivity index is 1.49. The van der Waals surface area contributed by atoms with Crippen LogP contribution in [0.15, 0.2) is 53.4 Å². The number of hydrogen-bond donors (Lipinski definition) is 2. The molecule has 1 aliphatic heterocycles. The first-order valence-electron chi connectivity index (χ1n) is 8.67. The number of esters is 1. The van der Waals surface area contributed by atoms with Crippen LogP contribution >= 0.6 is 11.8 Å².